The summed E-state index contributed by atoms with van der Waals surface area (Å²) in [6, 6.07) is 21.7. The van der Waals surface area contributed by atoms with Crippen LogP contribution in [0.3, 0.4) is 0 Å². The average Bonchev–Trinajstić information content (AvgIpc) is 2.86. The molecule has 0 aliphatic carbocycles. The Hall–Kier alpha value is -3.02. The monoisotopic (exact) mass is 526 g/mol. The van der Waals surface area contributed by atoms with E-state index in [4.69, 9.17) is 27.9 Å². The van der Waals surface area contributed by atoms with Gasteiger partial charge in [-0.15, -0.1) is 0 Å². The lowest BCUT2D eigenvalue weighted by Crippen LogP contribution is -2.52. The minimum absolute atomic E-state index is 0.180. The number of nitrogens with zero attached hydrogens (tertiary/aromatic N) is 1. The van der Waals surface area contributed by atoms with Crippen LogP contribution in [0.25, 0.3) is 0 Å². The van der Waals surface area contributed by atoms with E-state index >= 15 is 0 Å². The summed E-state index contributed by atoms with van der Waals surface area (Å²) >= 11 is 12.4. The molecule has 3 aromatic carbocycles. The zero-order valence-electron chi connectivity index (χ0n) is 20.8. The normalized spacial score (nSPS) is 11.7. The number of halogens is 2. The molecule has 0 aromatic heterocycles. The number of rotatable bonds is 11. The Balaban J connectivity index is 1.92. The van der Waals surface area contributed by atoms with E-state index in [1.54, 1.807) is 23.1 Å². The third-order valence-corrected chi connectivity index (χ3v) is 6.38. The second-order valence-corrected chi connectivity index (χ2v) is 10.0. The van der Waals surface area contributed by atoms with Gasteiger partial charge in [0.1, 0.15) is 11.8 Å². The van der Waals surface area contributed by atoms with E-state index in [1.165, 1.54) is 0 Å². The molecule has 0 radical (unpaired) electrons. The first-order valence-electron chi connectivity index (χ1n) is 12.0. The molecule has 3 aromatic rings. The third-order valence-electron chi connectivity index (χ3n) is 5.64. The molecule has 1 unspecified atom stereocenters. The van der Waals surface area contributed by atoms with Crippen LogP contribution >= 0.6 is 23.2 Å². The first-order chi connectivity index (χ1) is 17.2. The third kappa shape index (κ3) is 8.28. The van der Waals surface area contributed by atoms with Crippen LogP contribution in [-0.4, -0.2) is 35.9 Å². The van der Waals surface area contributed by atoms with Gasteiger partial charge < -0.3 is 15.0 Å². The van der Waals surface area contributed by atoms with Crippen molar-refractivity contribution in [3.63, 3.8) is 0 Å². The van der Waals surface area contributed by atoms with Crippen molar-refractivity contribution >= 4 is 35.0 Å². The number of ether oxygens (including phenoxy) is 1. The molecule has 0 aliphatic rings. The highest BCUT2D eigenvalue weighted by molar-refractivity contribution is 6.42. The number of carbonyl (C=O) groups excluding carboxylic acids is 2. The summed E-state index contributed by atoms with van der Waals surface area (Å²) in [4.78, 5) is 28.6. The van der Waals surface area contributed by atoms with Crippen LogP contribution in [0.4, 0.5) is 0 Å². The Kier molecular flexibility index (Phi) is 10.2. The van der Waals surface area contributed by atoms with Gasteiger partial charge in [0.15, 0.2) is 6.61 Å². The molecule has 0 saturated heterocycles. The van der Waals surface area contributed by atoms with E-state index in [9.17, 15) is 9.59 Å². The molecular weight excluding hydrogens is 495 g/mol. The van der Waals surface area contributed by atoms with E-state index in [-0.39, 0.29) is 30.9 Å². The number of hydrogen-bond donors (Lipinski definition) is 1. The van der Waals surface area contributed by atoms with Gasteiger partial charge in [-0.1, -0.05) is 85.6 Å². The summed E-state index contributed by atoms with van der Waals surface area (Å²) in [6.07, 6.45) is 0.363. The van der Waals surface area contributed by atoms with Crippen molar-refractivity contribution in [3.8, 4) is 5.75 Å². The smallest absolute Gasteiger partial charge is 0.261 e. The molecule has 0 heterocycles. The predicted molar refractivity (Wildman–Crippen MR) is 145 cm³/mol. The van der Waals surface area contributed by atoms with Gasteiger partial charge in [-0.05, 0) is 53.8 Å². The van der Waals surface area contributed by atoms with E-state index in [2.05, 4.69) is 5.32 Å². The average molecular weight is 527 g/mol. The maximum absolute atomic E-state index is 13.6. The van der Waals surface area contributed by atoms with Crippen molar-refractivity contribution in [1.82, 2.24) is 10.2 Å². The Morgan fingerprint density at radius 2 is 1.67 bits per heavy atom. The van der Waals surface area contributed by atoms with Crippen molar-refractivity contribution in [1.29, 1.82) is 0 Å². The van der Waals surface area contributed by atoms with E-state index in [0.29, 0.717) is 28.8 Å². The van der Waals surface area contributed by atoms with Crippen LogP contribution in [0.2, 0.25) is 10.0 Å². The summed E-state index contributed by atoms with van der Waals surface area (Å²) in [5, 5.41) is 3.82. The number of aryl methyl sites for hydroxylation is 1. The zero-order chi connectivity index (χ0) is 26.1. The molecule has 2 amide bonds. The molecule has 36 heavy (non-hydrogen) atoms. The van der Waals surface area contributed by atoms with Crippen molar-refractivity contribution in [2.75, 3.05) is 13.2 Å². The van der Waals surface area contributed by atoms with E-state index in [1.807, 2.05) is 75.4 Å². The van der Waals surface area contributed by atoms with Gasteiger partial charge in [0.25, 0.3) is 5.91 Å². The van der Waals surface area contributed by atoms with Crippen LogP contribution in [0.15, 0.2) is 72.8 Å². The van der Waals surface area contributed by atoms with Crippen molar-refractivity contribution in [3.05, 3.63) is 99.5 Å². The minimum Gasteiger partial charge on any atom is -0.484 e. The second-order valence-electron chi connectivity index (χ2n) is 9.22. The van der Waals surface area contributed by atoms with Crippen LogP contribution in [0, 0.1) is 12.8 Å². The number of carbonyl (C=O) groups is 2. The summed E-state index contributed by atoms with van der Waals surface area (Å²) in [5.74, 6) is 0.358. The van der Waals surface area contributed by atoms with Gasteiger partial charge in [0.05, 0.1) is 10.0 Å². The Bertz CT molecular complexity index is 1170. The highest BCUT2D eigenvalue weighted by Gasteiger charge is 2.31. The fourth-order valence-electron chi connectivity index (χ4n) is 3.74. The molecule has 0 fully saturated rings. The van der Waals surface area contributed by atoms with Gasteiger partial charge in [-0.25, -0.2) is 0 Å². The highest BCUT2D eigenvalue weighted by Crippen LogP contribution is 2.24. The number of benzene rings is 3. The molecule has 1 N–H and O–H groups in total. The molecule has 0 aliphatic heterocycles. The van der Waals surface area contributed by atoms with E-state index in [0.717, 1.165) is 16.7 Å². The largest absolute Gasteiger partial charge is 0.484 e. The van der Waals surface area contributed by atoms with Crippen LogP contribution < -0.4 is 10.1 Å². The fourth-order valence-corrected chi connectivity index (χ4v) is 4.06. The second kappa shape index (κ2) is 13.3. The van der Waals surface area contributed by atoms with Crippen molar-refractivity contribution in [2.24, 2.45) is 5.92 Å². The summed E-state index contributed by atoms with van der Waals surface area (Å²) in [5.41, 5.74) is 2.75. The SMILES string of the molecule is Cc1cccc(OCC(=O)N(Cc2ccc(Cl)c(Cl)c2)C(Cc2ccccc2)C(=O)NCC(C)C)c1. The maximum atomic E-state index is 13.6. The molecule has 0 spiro atoms. The minimum atomic E-state index is -0.741. The Morgan fingerprint density at radius 3 is 2.33 bits per heavy atom. The predicted octanol–water partition coefficient (Wildman–Crippen LogP) is 6.09. The first kappa shape index (κ1) is 27.6. The van der Waals surface area contributed by atoms with Crippen LogP contribution in [0.5, 0.6) is 5.75 Å². The lowest BCUT2D eigenvalue weighted by Gasteiger charge is -2.31. The van der Waals surface area contributed by atoms with Crippen LogP contribution in [-0.2, 0) is 22.6 Å². The molecule has 190 valence electrons. The van der Waals surface area contributed by atoms with Crippen molar-refractivity contribution < 1.29 is 14.3 Å². The lowest BCUT2D eigenvalue weighted by atomic mass is 10.0. The highest BCUT2D eigenvalue weighted by atomic mass is 35.5. The van der Waals surface area contributed by atoms with E-state index < -0.39 is 6.04 Å². The topological polar surface area (TPSA) is 58.6 Å². The maximum Gasteiger partial charge on any atom is 0.261 e. The zero-order valence-corrected chi connectivity index (χ0v) is 22.4. The van der Waals surface area contributed by atoms with Gasteiger partial charge in [-0.2, -0.15) is 0 Å². The summed E-state index contributed by atoms with van der Waals surface area (Å²) in [6.45, 7) is 6.51. The van der Waals surface area contributed by atoms with Gasteiger partial charge in [0, 0.05) is 19.5 Å². The van der Waals surface area contributed by atoms with Gasteiger partial charge in [-0.3, -0.25) is 9.59 Å². The molecule has 3 rings (SSSR count). The molecule has 0 bridgehead atoms. The Labute approximate surface area is 223 Å². The molecule has 0 saturated carbocycles. The molecular formula is C29H32Cl2N2O3. The lowest BCUT2D eigenvalue weighted by molar-refractivity contribution is -0.142. The fraction of sp³-hybridized carbons (Fsp3) is 0.310. The molecule has 7 heteroatoms. The van der Waals surface area contributed by atoms with Gasteiger partial charge in [0.2, 0.25) is 5.91 Å². The van der Waals surface area contributed by atoms with Crippen molar-refractivity contribution in [2.45, 2.75) is 39.8 Å². The Morgan fingerprint density at radius 1 is 0.917 bits per heavy atom. The summed E-state index contributed by atoms with van der Waals surface area (Å²) < 4.78 is 5.82. The van der Waals surface area contributed by atoms with Crippen LogP contribution in [0.1, 0.15) is 30.5 Å². The standard InChI is InChI=1S/C29H32Cl2N2O3/c1-20(2)17-32-29(35)27(16-22-9-5-4-6-10-22)33(18-23-12-13-25(30)26(31)15-23)28(34)19-36-24-11-7-8-21(3)14-24/h4-15,20,27H,16-19H2,1-3H3,(H,32,35). The summed E-state index contributed by atoms with van der Waals surface area (Å²) in [7, 11) is 0. The van der Waals surface area contributed by atoms with Gasteiger partial charge >= 0.3 is 0 Å². The number of hydrogen-bond acceptors (Lipinski definition) is 3. The number of amides is 2. The number of nitrogens with one attached hydrogen (secondary N) is 1. The first-order valence-corrected chi connectivity index (χ1v) is 12.7. The molecule has 1 atom stereocenters. The molecule has 5 nitrogen and oxygen atoms in total. The quantitative estimate of drug-likeness (QED) is 0.328.